The van der Waals surface area contributed by atoms with E-state index in [9.17, 15) is 4.79 Å². The number of anilines is 1. The molecule has 0 atom stereocenters. The van der Waals surface area contributed by atoms with Crippen LogP contribution in [0.2, 0.25) is 5.15 Å². The van der Waals surface area contributed by atoms with Crippen LogP contribution in [0.15, 0.2) is 6.07 Å². The summed E-state index contributed by atoms with van der Waals surface area (Å²) in [6, 6.07) is 1.49. The third kappa shape index (κ3) is 2.27. The number of nitrogens with zero attached hydrogens (tertiary/aromatic N) is 2. The first-order chi connectivity index (χ1) is 8.70. The number of rotatable bonds is 3. The second-order valence-electron chi connectivity index (χ2n) is 5.92. The number of methoxy groups -OCH3 is 1. The fourth-order valence-electron chi connectivity index (χ4n) is 2.59. The molecule has 0 unspecified atom stereocenters. The Morgan fingerprint density at radius 2 is 1.89 bits per heavy atom. The molecule has 5 nitrogen and oxygen atoms in total. The zero-order valence-corrected chi connectivity index (χ0v) is 12.5. The molecule has 0 radical (unpaired) electrons. The third-order valence-electron chi connectivity index (χ3n) is 4.40. The minimum Gasteiger partial charge on any atom is -0.481 e. The predicted molar refractivity (Wildman–Crippen MR) is 73.3 cm³/mol. The Morgan fingerprint density at radius 3 is 2.37 bits per heavy atom. The highest BCUT2D eigenvalue weighted by Crippen LogP contribution is 2.68. The van der Waals surface area contributed by atoms with Crippen molar-refractivity contribution in [2.45, 2.75) is 27.7 Å². The largest absolute Gasteiger partial charge is 0.481 e. The molecular weight excluding hydrogens is 266 g/mol. The van der Waals surface area contributed by atoms with Crippen molar-refractivity contribution >= 4 is 23.5 Å². The van der Waals surface area contributed by atoms with Crippen LogP contribution in [0.4, 0.5) is 5.95 Å². The van der Waals surface area contributed by atoms with Crippen molar-refractivity contribution in [3.05, 3.63) is 11.2 Å². The van der Waals surface area contributed by atoms with Crippen molar-refractivity contribution in [1.82, 2.24) is 9.97 Å². The van der Waals surface area contributed by atoms with Crippen molar-refractivity contribution in [2.24, 2.45) is 16.7 Å². The van der Waals surface area contributed by atoms with E-state index in [2.05, 4.69) is 43.0 Å². The highest BCUT2D eigenvalue weighted by molar-refractivity contribution is 6.29. The molecule has 1 saturated carbocycles. The van der Waals surface area contributed by atoms with E-state index < -0.39 is 0 Å². The summed E-state index contributed by atoms with van der Waals surface area (Å²) >= 11 is 5.84. The standard InChI is InChI=1S/C13H18ClN3O2/c1-12(2)9(13(12,3)4)10(18)17-11-15-7(14)6-8(16-11)19-5/h6,9H,1-5H3,(H,15,16,17,18). The number of halogens is 1. The van der Waals surface area contributed by atoms with Gasteiger partial charge in [-0.05, 0) is 10.8 Å². The van der Waals surface area contributed by atoms with Crippen molar-refractivity contribution in [2.75, 3.05) is 12.4 Å². The van der Waals surface area contributed by atoms with Crippen molar-refractivity contribution in [1.29, 1.82) is 0 Å². The smallest absolute Gasteiger partial charge is 0.234 e. The van der Waals surface area contributed by atoms with Gasteiger partial charge in [-0.15, -0.1) is 0 Å². The minimum atomic E-state index is -0.0840. The van der Waals surface area contributed by atoms with Gasteiger partial charge in [-0.1, -0.05) is 39.3 Å². The molecule has 0 aliphatic heterocycles. The van der Waals surface area contributed by atoms with Crippen LogP contribution in [0.25, 0.3) is 0 Å². The maximum Gasteiger partial charge on any atom is 0.234 e. The highest BCUT2D eigenvalue weighted by Gasteiger charge is 2.68. The Morgan fingerprint density at radius 1 is 1.32 bits per heavy atom. The number of nitrogens with one attached hydrogen (secondary N) is 1. The maximum absolute atomic E-state index is 12.2. The molecule has 0 aromatic carbocycles. The molecule has 6 heteroatoms. The van der Waals surface area contributed by atoms with Gasteiger partial charge >= 0.3 is 0 Å². The number of ether oxygens (including phenoxy) is 1. The molecule has 1 aliphatic carbocycles. The first kappa shape index (κ1) is 14.1. The topological polar surface area (TPSA) is 64.1 Å². The first-order valence-electron chi connectivity index (χ1n) is 6.09. The van der Waals surface area contributed by atoms with E-state index in [0.29, 0.717) is 5.88 Å². The monoisotopic (exact) mass is 283 g/mol. The van der Waals surface area contributed by atoms with Gasteiger partial charge in [-0.3, -0.25) is 10.1 Å². The molecule has 19 heavy (non-hydrogen) atoms. The van der Waals surface area contributed by atoms with E-state index >= 15 is 0 Å². The minimum absolute atomic E-state index is 0.0280. The van der Waals surface area contributed by atoms with Crippen LogP contribution in [0.5, 0.6) is 5.88 Å². The summed E-state index contributed by atoms with van der Waals surface area (Å²) in [5, 5.41) is 2.94. The summed E-state index contributed by atoms with van der Waals surface area (Å²) in [5.41, 5.74) is -0.0561. The average Bonchev–Trinajstić information content (AvgIpc) is 2.68. The Balaban J connectivity index is 2.15. The highest BCUT2D eigenvalue weighted by atomic mass is 35.5. The molecule has 0 saturated heterocycles. The zero-order chi connectivity index (χ0) is 14.4. The van der Waals surface area contributed by atoms with Crippen LogP contribution in [-0.4, -0.2) is 23.0 Å². The van der Waals surface area contributed by atoms with Crippen molar-refractivity contribution < 1.29 is 9.53 Å². The van der Waals surface area contributed by atoms with Gasteiger partial charge in [0, 0.05) is 12.0 Å². The predicted octanol–water partition coefficient (Wildman–Crippen LogP) is 2.76. The summed E-state index contributed by atoms with van der Waals surface area (Å²) in [6.07, 6.45) is 0. The van der Waals surface area contributed by atoms with E-state index in [4.69, 9.17) is 16.3 Å². The summed E-state index contributed by atoms with van der Waals surface area (Å²) in [7, 11) is 1.48. The molecule has 1 aromatic heterocycles. The van der Waals surface area contributed by atoms with E-state index in [1.54, 1.807) is 0 Å². The van der Waals surface area contributed by atoms with Crippen LogP contribution >= 0.6 is 11.6 Å². The summed E-state index contributed by atoms with van der Waals surface area (Å²) in [6.45, 7) is 8.32. The molecule has 1 amide bonds. The normalized spacial score (nSPS) is 19.9. The molecule has 0 bridgehead atoms. The molecule has 104 valence electrons. The van der Waals surface area contributed by atoms with Crippen LogP contribution in [0.1, 0.15) is 27.7 Å². The molecule has 1 heterocycles. The molecule has 0 spiro atoms. The zero-order valence-electron chi connectivity index (χ0n) is 11.7. The maximum atomic E-state index is 12.2. The number of hydrogen-bond acceptors (Lipinski definition) is 4. The van der Waals surface area contributed by atoms with Gasteiger partial charge in [0.1, 0.15) is 5.15 Å². The lowest BCUT2D eigenvalue weighted by atomic mass is 10.0. The fraction of sp³-hybridized carbons (Fsp3) is 0.615. The lowest BCUT2D eigenvalue weighted by molar-refractivity contribution is -0.118. The molecule has 1 aliphatic rings. The lowest BCUT2D eigenvalue weighted by Gasteiger charge is -2.06. The number of carbonyl (C=O) groups excluding carboxylic acids is 1. The molecular formula is C13H18ClN3O2. The summed E-state index contributed by atoms with van der Waals surface area (Å²) < 4.78 is 4.99. The van der Waals surface area contributed by atoms with Gasteiger partial charge in [0.15, 0.2) is 0 Å². The third-order valence-corrected chi connectivity index (χ3v) is 4.59. The van der Waals surface area contributed by atoms with Crippen LogP contribution in [0, 0.1) is 16.7 Å². The Bertz CT molecular complexity index is 515. The van der Waals surface area contributed by atoms with E-state index in [0.717, 1.165) is 0 Å². The molecule has 1 N–H and O–H groups in total. The lowest BCUT2D eigenvalue weighted by Crippen LogP contribution is -2.19. The summed E-state index contributed by atoms with van der Waals surface area (Å²) in [4.78, 5) is 20.3. The fourth-order valence-corrected chi connectivity index (χ4v) is 2.77. The number of hydrogen-bond donors (Lipinski definition) is 1. The Kier molecular flexibility index (Phi) is 3.21. The van der Waals surface area contributed by atoms with Gasteiger partial charge in [0.2, 0.25) is 17.7 Å². The second-order valence-corrected chi connectivity index (χ2v) is 6.31. The van der Waals surface area contributed by atoms with Crippen molar-refractivity contribution in [3.63, 3.8) is 0 Å². The number of carbonyl (C=O) groups is 1. The van der Waals surface area contributed by atoms with Crippen molar-refractivity contribution in [3.8, 4) is 5.88 Å². The number of aromatic nitrogens is 2. The van der Waals surface area contributed by atoms with E-state index in [1.807, 2.05) is 0 Å². The van der Waals surface area contributed by atoms with Gasteiger partial charge in [-0.25, -0.2) is 4.98 Å². The van der Waals surface area contributed by atoms with Gasteiger partial charge in [-0.2, -0.15) is 4.98 Å². The van der Waals surface area contributed by atoms with Gasteiger partial charge in [0.05, 0.1) is 7.11 Å². The molecule has 2 rings (SSSR count). The second kappa shape index (κ2) is 4.34. The van der Waals surface area contributed by atoms with Crippen LogP contribution in [-0.2, 0) is 4.79 Å². The van der Waals surface area contributed by atoms with Gasteiger partial charge in [0.25, 0.3) is 0 Å². The molecule has 1 fully saturated rings. The van der Waals surface area contributed by atoms with E-state index in [-0.39, 0.29) is 33.8 Å². The molecule has 1 aromatic rings. The first-order valence-corrected chi connectivity index (χ1v) is 6.47. The average molecular weight is 284 g/mol. The summed E-state index contributed by atoms with van der Waals surface area (Å²) in [5.74, 6) is 0.352. The van der Waals surface area contributed by atoms with E-state index in [1.165, 1.54) is 13.2 Å². The SMILES string of the molecule is COc1cc(Cl)nc(NC(=O)C2C(C)(C)C2(C)C)n1. The number of amides is 1. The Labute approximate surface area is 117 Å². The van der Waals surface area contributed by atoms with Gasteiger partial charge < -0.3 is 4.74 Å². The van der Waals surface area contributed by atoms with Crippen LogP contribution in [0.3, 0.4) is 0 Å². The quantitative estimate of drug-likeness (QED) is 0.867. The van der Waals surface area contributed by atoms with Crippen LogP contribution < -0.4 is 10.1 Å². The Hall–Kier alpha value is -1.36.